The van der Waals surface area contributed by atoms with E-state index in [4.69, 9.17) is 14.2 Å². The highest BCUT2D eigenvalue weighted by atomic mass is 16.5. The molecule has 0 spiro atoms. The van der Waals surface area contributed by atoms with E-state index in [1.165, 1.54) is 4.90 Å². The molecule has 2 heterocycles. The summed E-state index contributed by atoms with van der Waals surface area (Å²) in [6, 6.07) is 6.93. The van der Waals surface area contributed by atoms with Crippen molar-refractivity contribution >= 4 is 23.5 Å². The summed E-state index contributed by atoms with van der Waals surface area (Å²) in [5, 5.41) is 0. The smallest absolute Gasteiger partial charge is 0.340 e. The lowest BCUT2D eigenvalue weighted by atomic mass is 9.91. The zero-order chi connectivity index (χ0) is 17.3. The molecule has 7 heteroatoms. The molecule has 1 aromatic carbocycles. The number of hydrogen-bond acceptors (Lipinski definition) is 6. The van der Waals surface area contributed by atoms with Crippen LogP contribution in [0.2, 0.25) is 0 Å². The van der Waals surface area contributed by atoms with E-state index in [1.807, 2.05) is 0 Å². The van der Waals surface area contributed by atoms with Crippen LogP contribution in [0.4, 0.5) is 5.69 Å². The highest BCUT2D eigenvalue weighted by molar-refractivity contribution is 6.08. The molecule has 7 nitrogen and oxygen atoms in total. The fourth-order valence-electron chi connectivity index (χ4n) is 2.81. The van der Waals surface area contributed by atoms with Gasteiger partial charge in [-0.1, -0.05) is 12.1 Å². The molecule has 126 valence electrons. The Morgan fingerprint density at radius 2 is 1.92 bits per heavy atom. The van der Waals surface area contributed by atoms with E-state index in [0.717, 1.165) is 0 Å². The number of amides is 1. The quantitative estimate of drug-likeness (QED) is 0.782. The minimum Gasteiger partial charge on any atom is -0.466 e. The van der Waals surface area contributed by atoms with Crippen LogP contribution in [0.15, 0.2) is 35.7 Å². The van der Waals surface area contributed by atoms with Crippen molar-refractivity contribution in [3.05, 3.63) is 35.7 Å². The highest BCUT2D eigenvalue weighted by Crippen LogP contribution is 2.44. The minimum absolute atomic E-state index is 0.0195. The number of benzene rings is 1. The lowest BCUT2D eigenvalue weighted by Crippen LogP contribution is -2.42. The largest absolute Gasteiger partial charge is 0.466 e. The van der Waals surface area contributed by atoms with E-state index in [2.05, 4.69) is 0 Å². The van der Waals surface area contributed by atoms with Crippen molar-refractivity contribution in [2.75, 3.05) is 18.1 Å². The van der Waals surface area contributed by atoms with Gasteiger partial charge in [0.15, 0.2) is 5.75 Å². The second-order valence-corrected chi connectivity index (χ2v) is 5.25. The van der Waals surface area contributed by atoms with E-state index in [1.54, 1.807) is 38.1 Å². The SMILES string of the molecule is CCOC(=O)C1=C2Oc3ccccc3N2C(=O)C[C@H]1C(=O)OCC. The molecule has 0 bridgehead atoms. The Morgan fingerprint density at radius 3 is 2.62 bits per heavy atom. The molecule has 0 fully saturated rings. The standard InChI is InChI=1S/C17H17NO6/c1-3-22-16(20)10-9-13(19)18-11-7-5-6-8-12(11)24-15(18)14(10)17(21)23-4-2/h5-8,10H,3-4,9H2,1-2H3/t10-/m1/s1. The maximum atomic E-state index is 12.5. The second-order valence-electron chi connectivity index (χ2n) is 5.25. The predicted octanol–water partition coefficient (Wildman–Crippen LogP) is 1.77. The summed E-state index contributed by atoms with van der Waals surface area (Å²) in [5.74, 6) is -2.20. The molecule has 0 saturated heterocycles. The zero-order valence-corrected chi connectivity index (χ0v) is 13.4. The third-order valence-corrected chi connectivity index (χ3v) is 3.79. The van der Waals surface area contributed by atoms with Crippen LogP contribution < -0.4 is 9.64 Å². The Labute approximate surface area is 138 Å². The maximum absolute atomic E-state index is 12.5. The predicted molar refractivity (Wildman–Crippen MR) is 83.0 cm³/mol. The molecule has 0 aromatic heterocycles. The van der Waals surface area contributed by atoms with Gasteiger partial charge in [0.1, 0.15) is 11.5 Å². The van der Waals surface area contributed by atoms with Crippen molar-refractivity contribution in [3.63, 3.8) is 0 Å². The molecule has 0 N–H and O–H groups in total. The van der Waals surface area contributed by atoms with E-state index < -0.39 is 17.9 Å². The molecule has 0 radical (unpaired) electrons. The lowest BCUT2D eigenvalue weighted by Gasteiger charge is -2.28. The Morgan fingerprint density at radius 1 is 1.21 bits per heavy atom. The van der Waals surface area contributed by atoms with Crippen molar-refractivity contribution in [2.24, 2.45) is 5.92 Å². The van der Waals surface area contributed by atoms with Gasteiger partial charge in [-0.15, -0.1) is 0 Å². The van der Waals surface area contributed by atoms with Crippen LogP contribution in [-0.4, -0.2) is 31.1 Å². The topological polar surface area (TPSA) is 82.1 Å². The first-order valence-electron chi connectivity index (χ1n) is 7.76. The first-order chi connectivity index (χ1) is 11.6. The third kappa shape index (κ3) is 2.51. The molecule has 0 aliphatic carbocycles. The number of anilines is 1. The second kappa shape index (κ2) is 6.35. The summed E-state index contributed by atoms with van der Waals surface area (Å²) in [6.45, 7) is 3.62. The number of nitrogens with zero attached hydrogens (tertiary/aromatic N) is 1. The van der Waals surface area contributed by atoms with Gasteiger partial charge in [-0.2, -0.15) is 0 Å². The summed E-state index contributed by atoms with van der Waals surface area (Å²) in [7, 11) is 0. The number of rotatable bonds is 4. The van der Waals surface area contributed by atoms with E-state index in [9.17, 15) is 14.4 Å². The maximum Gasteiger partial charge on any atom is 0.340 e. The highest BCUT2D eigenvalue weighted by Gasteiger charge is 2.47. The van der Waals surface area contributed by atoms with Crippen LogP contribution in [0.1, 0.15) is 20.3 Å². The summed E-state index contributed by atoms with van der Waals surface area (Å²) >= 11 is 0. The summed E-state index contributed by atoms with van der Waals surface area (Å²) in [5.41, 5.74) is 0.563. The molecule has 0 unspecified atom stereocenters. The number of carbonyl (C=O) groups excluding carboxylic acids is 3. The van der Waals surface area contributed by atoms with Gasteiger partial charge in [-0.05, 0) is 26.0 Å². The Hall–Kier alpha value is -2.83. The fraction of sp³-hybridized carbons (Fsp3) is 0.353. The van der Waals surface area contributed by atoms with Crippen LogP contribution in [0, 0.1) is 5.92 Å². The van der Waals surface area contributed by atoms with Gasteiger partial charge in [-0.25, -0.2) is 9.69 Å². The average molecular weight is 331 g/mol. The molecule has 1 atom stereocenters. The normalized spacial score (nSPS) is 18.7. The van der Waals surface area contributed by atoms with E-state index in [0.29, 0.717) is 11.4 Å². The molecule has 3 rings (SSSR count). The van der Waals surface area contributed by atoms with Crippen molar-refractivity contribution < 1.29 is 28.6 Å². The van der Waals surface area contributed by atoms with Crippen LogP contribution in [-0.2, 0) is 23.9 Å². The van der Waals surface area contributed by atoms with Crippen LogP contribution >= 0.6 is 0 Å². The van der Waals surface area contributed by atoms with Gasteiger partial charge in [0.2, 0.25) is 11.8 Å². The van der Waals surface area contributed by atoms with Gasteiger partial charge in [-0.3, -0.25) is 9.59 Å². The van der Waals surface area contributed by atoms with Crippen LogP contribution in [0.5, 0.6) is 5.75 Å². The number of fused-ring (bicyclic) bond motifs is 3. The first-order valence-corrected chi connectivity index (χ1v) is 7.76. The number of para-hydroxylation sites is 2. The van der Waals surface area contributed by atoms with E-state index >= 15 is 0 Å². The minimum atomic E-state index is -1.03. The van der Waals surface area contributed by atoms with Crippen molar-refractivity contribution in [1.82, 2.24) is 0 Å². The molecule has 24 heavy (non-hydrogen) atoms. The molecular formula is C17H17NO6. The molecule has 2 aliphatic rings. The lowest BCUT2D eigenvalue weighted by molar-refractivity contribution is -0.152. The van der Waals surface area contributed by atoms with Gasteiger partial charge in [0.25, 0.3) is 0 Å². The summed E-state index contributed by atoms with van der Waals surface area (Å²) in [6.07, 6.45) is -0.172. The zero-order valence-electron chi connectivity index (χ0n) is 13.4. The van der Waals surface area contributed by atoms with Crippen molar-refractivity contribution in [1.29, 1.82) is 0 Å². The third-order valence-electron chi connectivity index (χ3n) is 3.79. The van der Waals surface area contributed by atoms with Crippen LogP contribution in [0.3, 0.4) is 0 Å². The first kappa shape index (κ1) is 16.0. The summed E-state index contributed by atoms with van der Waals surface area (Å²) < 4.78 is 15.8. The number of carbonyl (C=O) groups is 3. The Bertz CT molecular complexity index is 738. The monoisotopic (exact) mass is 331 g/mol. The van der Waals surface area contributed by atoms with Gasteiger partial charge in [0.05, 0.1) is 18.9 Å². The molecular weight excluding hydrogens is 314 g/mol. The Balaban J connectivity index is 2.11. The molecule has 1 amide bonds. The van der Waals surface area contributed by atoms with Gasteiger partial charge >= 0.3 is 11.9 Å². The average Bonchev–Trinajstić information content (AvgIpc) is 2.94. The van der Waals surface area contributed by atoms with Gasteiger partial charge in [0, 0.05) is 6.42 Å². The molecule has 2 aliphatic heterocycles. The summed E-state index contributed by atoms with van der Waals surface area (Å²) in [4.78, 5) is 38.5. The van der Waals surface area contributed by atoms with Crippen molar-refractivity contribution in [3.8, 4) is 5.75 Å². The van der Waals surface area contributed by atoms with E-state index in [-0.39, 0.29) is 37.0 Å². The Kier molecular flexibility index (Phi) is 4.24. The van der Waals surface area contributed by atoms with Crippen molar-refractivity contribution in [2.45, 2.75) is 20.3 Å². The number of esters is 2. The number of ether oxygens (including phenoxy) is 3. The molecule has 1 aromatic rings. The fourth-order valence-corrected chi connectivity index (χ4v) is 2.81. The number of hydrogen-bond donors (Lipinski definition) is 0. The molecule has 0 saturated carbocycles. The van der Waals surface area contributed by atoms with Gasteiger partial charge < -0.3 is 14.2 Å². The van der Waals surface area contributed by atoms with Crippen LogP contribution in [0.25, 0.3) is 0 Å².